The number of pyridine rings is 1. The molecule has 0 radical (unpaired) electrons. The van der Waals surface area contributed by atoms with Gasteiger partial charge in [-0.2, -0.15) is 0 Å². The Morgan fingerprint density at radius 1 is 1.30 bits per heavy atom. The molecule has 0 aliphatic carbocycles. The molecule has 0 fully saturated rings. The summed E-state index contributed by atoms with van der Waals surface area (Å²) < 4.78 is 14.7. The van der Waals surface area contributed by atoms with Crippen LogP contribution in [0.1, 0.15) is 35.8 Å². The van der Waals surface area contributed by atoms with Crippen molar-refractivity contribution in [2.24, 2.45) is 0 Å². The molecule has 1 atom stereocenters. The van der Waals surface area contributed by atoms with Gasteiger partial charge in [0.25, 0.3) is 5.56 Å². The summed E-state index contributed by atoms with van der Waals surface area (Å²) in [4.78, 5) is 23.6. The largest absolute Gasteiger partial charge is 0.307 e. The third-order valence-electron chi connectivity index (χ3n) is 3.18. The van der Waals surface area contributed by atoms with Gasteiger partial charge in [0.15, 0.2) is 5.78 Å². The average Bonchev–Trinajstić information content (AvgIpc) is 2.41. The molecule has 0 N–H and O–H groups in total. The number of aromatic nitrogens is 1. The van der Waals surface area contributed by atoms with Gasteiger partial charge in [-0.25, -0.2) is 4.39 Å². The van der Waals surface area contributed by atoms with Gasteiger partial charge in [0.05, 0.1) is 10.5 Å². The Balaban J connectivity index is 2.53. The van der Waals surface area contributed by atoms with Crippen LogP contribution >= 0.6 is 15.9 Å². The molecular weight excluding hydrogens is 325 g/mol. The zero-order valence-corrected chi connectivity index (χ0v) is 12.6. The second-order valence-electron chi connectivity index (χ2n) is 4.57. The van der Waals surface area contributed by atoms with E-state index < -0.39 is 0 Å². The van der Waals surface area contributed by atoms with E-state index in [2.05, 4.69) is 15.9 Å². The maximum Gasteiger partial charge on any atom is 0.265 e. The van der Waals surface area contributed by atoms with E-state index >= 15 is 0 Å². The number of hydrogen-bond donors (Lipinski definition) is 0. The molecule has 2 rings (SSSR count). The third kappa shape index (κ3) is 2.88. The summed E-state index contributed by atoms with van der Waals surface area (Å²) in [6, 6.07) is 7.17. The van der Waals surface area contributed by atoms with E-state index in [0.717, 1.165) is 5.56 Å². The summed E-state index contributed by atoms with van der Waals surface area (Å²) in [5.74, 6) is -0.447. The van der Waals surface area contributed by atoms with Gasteiger partial charge >= 0.3 is 0 Å². The lowest BCUT2D eigenvalue weighted by Crippen LogP contribution is -2.25. The first-order valence-corrected chi connectivity index (χ1v) is 6.87. The number of halogens is 2. The minimum Gasteiger partial charge on any atom is -0.307 e. The minimum atomic E-state index is -0.327. The molecule has 104 valence electrons. The third-order valence-corrected chi connectivity index (χ3v) is 3.74. The molecule has 0 spiro atoms. The lowest BCUT2D eigenvalue weighted by atomic mass is 10.1. The van der Waals surface area contributed by atoms with Crippen molar-refractivity contribution in [3.05, 3.63) is 68.3 Å². The molecule has 1 aromatic heterocycles. The highest BCUT2D eigenvalue weighted by molar-refractivity contribution is 9.10. The molecule has 0 aliphatic heterocycles. The number of carbonyl (C=O) groups is 1. The van der Waals surface area contributed by atoms with Crippen molar-refractivity contribution in [2.75, 3.05) is 0 Å². The second kappa shape index (κ2) is 5.71. The smallest absolute Gasteiger partial charge is 0.265 e. The molecule has 1 aromatic carbocycles. The van der Waals surface area contributed by atoms with E-state index in [4.69, 9.17) is 0 Å². The summed E-state index contributed by atoms with van der Waals surface area (Å²) in [6.07, 6.45) is 1.53. The second-order valence-corrected chi connectivity index (χ2v) is 5.43. The van der Waals surface area contributed by atoms with Crippen LogP contribution in [-0.2, 0) is 0 Å². The van der Waals surface area contributed by atoms with E-state index in [1.165, 1.54) is 35.9 Å². The monoisotopic (exact) mass is 337 g/mol. The first-order chi connectivity index (χ1) is 9.40. The van der Waals surface area contributed by atoms with E-state index in [1.54, 1.807) is 12.1 Å². The Hall–Kier alpha value is -1.75. The molecule has 2 aromatic rings. The SMILES string of the molecule is CC(=O)c1cc(Br)c(=O)n([C@@H](C)c2ccc(F)cc2)c1. The van der Waals surface area contributed by atoms with E-state index in [9.17, 15) is 14.0 Å². The highest BCUT2D eigenvalue weighted by Gasteiger charge is 2.14. The predicted octanol–water partition coefficient (Wildman–Crippen LogP) is 3.56. The van der Waals surface area contributed by atoms with Crippen LogP contribution in [-0.4, -0.2) is 10.4 Å². The Morgan fingerprint density at radius 2 is 1.90 bits per heavy atom. The van der Waals surface area contributed by atoms with Crippen molar-refractivity contribution >= 4 is 21.7 Å². The first kappa shape index (κ1) is 14.7. The van der Waals surface area contributed by atoms with Crippen LogP contribution in [0.25, 0.3) is 0 Å². The fourth-order valence-electron chi connectivity index (χ4n) is 1.95. The summed E-state index contributed by atoms with van der Waals surface area (Å²) in [5, 5.41) is 0. The maximum absolute atomic E-state index is 12.9. The van der Waals surface area contributed by atoms with Crippen LogP contribution in [0.3, 0.4) is 0 Å². The van der Waals surface area contributed by atoms with Crippen LogP contribution in [0, 0.1) is 5.82 Å². The number of rotatable bonds is 3. The maximum atomic E-state index is 12.9. The molecule has 0 bridgehead atoms. The Morgan fingerprint density at radius 3 is 2.45 bits per heavy atom. The lowest BCUT2D eigenvalue weighted by Gasteiger charge is -2.17. The topological polar surface area (TPSA) is 39.1 Å². The summed E-state index contributed by atoms with van der Waals surface area (Å²) >= 11 is 3.17. The highest BCUT2D eigenvalue weighted by atomic mass is 79.9. The van der Waals surface area contributed by atoms with Crippen LogP contribution in [0.2, 0.25) is 0 Å². The Bertz CT molecular complexity index is 707. The van der Waals surface area contributed by atoms with Crippen LogP contribution in [0.4, 0.5) is 4.39 Å². The number of nitrogens with zero attached hydrogens (tertiary/aromatic N) is 1. The van der Waals surface area contributed by atoms with Gasteiger partial charge in [-0.15, -0.1) is 0 Å². The van der Waals surface area contributed by atoms with Gasteiger partial charge in [-0.3, -0.25) is 9.59 Å². The fraction of sp³-hybridized carbons (Fsp3) is 0.200. The van der Waals surface area contributed by atoms with E-state index in [-0.39, 0.29) is 23.2 Å². The number of ketones is 1. The molecule has 0 unspecified atom stereocenters. The van der Waals surface area contributed by atoms with E-state index in [1.807, 2.05) is 6.92 Å². The van der Waals surface area contributed by atoms with Gasteiger partial charge in [0.1, 0.15) is 5.82 Å². The summed E-state index contributed by atoms with van der Waals surface area (Å²) in [6.45, 7) is 3.27. The van der Waals surface area contributed by atoms with Gasteiger partial charge < -0.3 is 4.57 Å². The lowest BCUT2D eigenvalue weighted by molar-refractivity contribution is 0.101. The number of hydrogen-bond acceptors (Lipinski definition) is 2. The number of benzene rings is 1. The van der Waals surface area contributed by atoms with Crippen molar-refractivity contribution in [3.8, 4) is 0 Å². The quantitative estimate of drug-likeness (QED) is 0.803. The molecule has 0 amide bonds. The Labute approximate surface area is 124 Å². The van der Waals surface area contributed by atoms with E-state index in [0.29, 0.717) is 10.0 Å². The van der Waals surface area contributed by atoms with Gasteiger partial charge in [0.2, 0.25) is 0 Å². The van der Waals surface area contributed by atoms with Crippen LogP contribution in [0.15, 0.2) is 45.8 Å². The predicted molar refractivity (Wildman–Crippen MR) is 78.6 cm³/mol. The van der Waals surface area contributed by atoms with Gasteiger partial charge in [-0.05, 0) is 53.5 Å². The molecule has 0 saturated carbocycles. The van der Waals surface area contributed by atoms with Crippen molar-refractivity contribution < 1.29 is 9.18 Å². The fourth-order valence-corrected chi connectivity index (χ4v) is 2.40. The molecule has 5 heteroatoms. The van der Waals surface area contributed by atoms with Crippen molar-refractivity contribution in [2.45, 2.75) is 19.9 Å². The molecule has 0 saturated heterocycles. The zero-order chi connectivity index (χ0) is 14.9. The molecule has 3 nitrogen and oxygen atoms in total. The Kier molecular flexibility index (Phi) is 4.18. The van der Waals surface area contributed by atoms with Crippen molar-refractivity contribution in [1.29, 1.82) is 0 Å². The van der Waals surface area contributed by atoms with Gasteiger partial charge in [0, 0.05) is 11.8 Å². The summed E-state index contributed by atoms with van der Waals surface area (Å²) in [5.41, 5.74) is 1.01. The molecule has 1 heterocycles. The molecule has 0 aliphatic rings. The van der Waals surface area contributed by atoms with Crippen molar-refractivity contribution in [3.63, 3.8) is 0 Å². The standard InChI is InChI=1S/C15H13BrFNO2/c1-9(11-3-5-13(17)6-4-11)18-8-12(10(2)19)7-14(16)15(18)20/h3-9H,1-2H3/t9-/m0/s1. The van der Waals surface area contributed by atoms with Crippen LogP contribution in [0.5, 0.6) is 0 Å². The van der Waals surface area contributed by atoms with Gasteiger partial charge in [-0.1, -0.05) is 12.1 Å². The normalized spacial score (nSPS) is 12.2. The minimum absolute atomic E-state index is 0.120. The molecule has 20 heavy (non-hydrogen) atoms. The number of Topliss-reactive ketones (excluding diaryl/α,β-unsaturated/α-hetero) is 1. The van der Waals surface area contributed by atoms with Crippen molar-refractivity contribution in [1.82, 2.24) is 4.57 Å². The molecular formula is C15H13BrFNO2. The highest BCUT2D eigenvalue weighted by Crippen LogP contribution is 2.19. The van der Waals surface area contributed by atoms with Crippen LogP contribution < -0.4 is 5.56 Å². The first-order valence-electron chi connectivity index (χ1n) is 6.08. The number of carbonyl (C=O) groups excluding carboxylic acids is 1. The summed E-state index contributed by atoms with van der Waals surface area (Å²) in [7, 11) is 0. The zero-order valence-electron chi connectivity index (χ0n) is 11.1. The average molecular weight is 338 g/mol.